The number of amides is 1. The highest BCUT2D eigenvalue weighted by molar-refractivity contribution is 5.76. The molecule has 1 amide bonds. The van der Waals surface area contributed by atoms with Gasteiger partial charge < -0.3 is 65.1 Å². The maximum atomic E-state index is 13.4. The van der Waals surface area contributed by atoms with Crippen molar-refractivity contribution < 1.29 is 64.6 Å². The summed E-state index contributed by atoms with van der Waals surface area (Å²) in [6.45, 7) is 2.88. The van der Waals surface area contributed by atoms with Crippen molar-refractivity contribution in [3.8, 4) is 0 Å². The molecule has 2 heterocycles. The predicted molar refractivity (Wildman–Crippen MR) is 392 cm³/mol. The number of hydrogen-bond acceptors (Lipinski definition) is 13. The zero-order valence-corrected chi connectivity index (χ0v) is 62.0. The summed E-state index contributed by atoms with van der Waals surface area (Å²) >= 11 is 0. The summed E-state index contributed by atoms with van der Waals surface area (Å²) in [5, 5.41) is 87.7. The van der Waals surface area contributed by atoms with Gasteiger partial charge in [0.2, 0.25) is 5.91 Å². The largest absolute Gasteiger partial charge is 0.394 e. The van der Waals surface area contributed by atoms with Gasteiger partial charge in [0.15, 0.2) is 12.6 Å². The number of aliphatic hydroxyl groups excluding tert-OH is 8. The van der Waals surface area contributed by atoms with Crippen LogP contribution in [0.15, 0.2) is 12.2 Å². The van der Waals surface area contributed by atoms with Crippen molar-refractivity contribution in [2.75, 3.05) is 19.8 Å². The van der Waals surface area contributed by atoms with Crippen LogP contribution in [-0.2, 0) is 23.7 Å². The summed E-state index contributed by atoms with van der Waals surface area (Å²) in [6, 6.07) is -0.912. The van der Waals surface area contributed by atoms with Gasteiger partial charge in [-0.2, -0.15) is 0 Å². The Morgan fingerprint density at radius 1 is 0.368 bits per heavy atom. The molecule has 0 aromatic heterocycles. The first-order valence-corrected chi connectivity index (χ1v) is 41.4. The van der Waals surface area contributed by atoms with Gasteiger partial charge in [-0.1, -0.05) is 392 Å². The lowest BCUT2D eigenvalue weighted by Gasteiger charge is -2.46. The Bertz CT molecular complexity index is 1640. The first-order valence-electron chi connectivity index (χ1n) is 41.4. The summed E-state index contributed by atoms with van der Waals surface area (Å²) in [5.74, 6) is -0.228. The SMILES string of the molecule is CCCCCCCCCCCCCCCCCCCCCCCCC/C=C/C(O)C(COC1OC(CO)C(OC2OC(CO)C(O)C(O)C2O)C(O)C1O)NC(=O)CCCCCCCCCCCCCCCCCCCCCCCCCCCCCCCCCCCCCC. The van der Waals surface area contributed by atoms with Crippen molar-refractivity contribution in [2.45, 2.75) is 479 Å². The van der Waals surface area contributed by atoms with Gasteiger partial charge in [0.25, 0.3) is 0 Å². The number of carbonyl (C=O) groups is 1. The van der Waals surface area contributed by atoms with Gasteiger partial charge in [-0.25, -0.2) is 0 Å². The van der Waals surface area contributed by atoms with Gasteiger partial charge in [0, 0.05) is 6.42 Å². The van der Waals surface area contributed by atoms with Gasteiger partial charge in [-0.05, 0) is 19.3 Å². The van der Waals surface area contributed by atoms with E-state index < -0.39 is 86.8 Å². The highest BCUT2D eigenvalue weighted by Gasteiger charge is 2.51. The zero-order chi connectivity index (χ0) is 68.7. The summed E-state index contributed by atoms with van der Waals surface area (Å²) in [5.41, 5.74) is 0. The summed E-state index contributed by atoms with van der Waals surface area (Å²) in [6.07, 6.45) is 67.4. The molecule has 2 aliphatic rings. The van der Waals surface area contributed by atoms with E-state index in [0.29, 0.717) is 0 Å². The van der Waals surface area contributed by atoms with Crippen LogP contribution in [0.4, 0.5) is 0 Å². The number of allylic oxidation sites excluding steroid dienone is 1. The molecule has 14 heteroatoms. The Hall–Kier alpha value is -1.27. The van der Waals surface area contributed by atoms with E-state index in [4.69, 9.17) is 18.9 Å². The Morgan fingerprint density at radius 3 is 0.968 bits per heavy atom. The molecule has 2 rings (SSSR count). The van der Waals surface area contributed by atoms with E-state index in [1.54, 1.807) is 6.08 Å². The molecule has 564 valence electrons. The van der Waals surface area contributed by atoms with E-state index in [-0.39, 0.29) is 18.9 Å². The van der Waals surface area contributed by atoms with Crippen molar-refractivity contribution >= 4 is 5.91 Å². The molecule has 0 aliphatic carbocycles. The molecule has 12 unspecified atom stereocenters. The van der Waals surface area contributed by atoms with E-state index in [9.17, 15) is 45.6 Å². The molecule has 0 spiro atoms. The third kappa shape index (κ3) is 49.1. The van der Waals surface area contributed by atoms with Gasteiger partial charge >= 0.3 is 0 Å². The minimum Gasteiger partial charge on any atom is -0.394 e. The predicted octanol–water partition coefficient (Wildman–Crippen LogP) is 18.9. The number of nitrogens with one attached hydrogen (secondary N) is 1. The smallest absolute Gasteiger partial charge is 0.220 e. The van der Waals surface area contributed by atoms with E-state index >= 15 is 0 Å². The molecule has 0 aromatic carbocycles. The second-order valence-corrected chi connectivity index (χ2v) is 29.6. The van der Waals surface area contributed by atoms with Crippen LogP contribution in [0.5, 0.6) is 0 Å². The third-order valence-electron chi connectivity index (χ3n) is 20.7. The van der Waals surface area contributed by atoms with E-state index in [1.807, 2.05) is 6.08 Å². The van der Waals surface area contributed by atoms with Gasteiger partial charge in [0.1, 0.15) is 48.8 Å². The first-order chi connectivity index (χ1) is 46.6. The summed E-state index contributed by atoms with van der Waals surface area (Å²) in [7, 11) is 0. The maximum Gasteiger partial charge on any atom is 0.220 e. The minimum absolute atomic E-state index is 0.228. The molecule has 95 heavy (non-hydrogen) atoms. The molecular formula is C81H157NO13. The van der Waals surface area contributed by atoms with Crippen molar-refractivity contribution in [3.63, 3.8) is 0 Å². The van der Waals surface area contributed by atoms with Crippen LogP contribution in [0.2, 0.25) is 0 Å². The molecular weight excluding hydrogens is 1190 g/mol. The monoisotopic (exact) mass is 1350 g/mol. The normalized spacial score (nSPS) is 22.3. The lowest BCUT2D eigenvalue weighted by atomic mass is 9.97. The van der Waals surface area contributed by atoms with Gasteiger partial charge in [0.05, 0.1) is 32.0 Å². The summed E-state index contributed by atoms with van der Waals surface area (Å²) in [4.78, 5) is 13.4. The average Bonchev–Trinajstić information content (AvgIpc) is 0.811. The molecule has 12 atom stereocenters. The fourth-order valence-electron chi connectivity index (χ4n) is 14.2. The highest BCUT2D eigenvalue weighted by Crippen LogP contribution is 2.30. The third-order valence-corrected chi connectivity index (χ3v) is 20.7. The zero-order valence-electron chi connectivity index (χ0n) is 62.0. The van der Waals surface area contributed by atoms with Gasteiger partial charge in [-0.15, -0.1) is 0 Å². The van der Waals surface area contributed by atoms with Crippen molar-refractivity contribution in [1.29, 1.82) is 0 Å². The number of carbonyl (C=O) groups excluding carboxylic acids is 1. The molecule has 2 fully saturated rings. The van der Waals surface area contributed by atoms with Crippen molar-refractivity contribution in [1.82, 2.24) is 5.32 Å². The molecule has 0 radical (unpaired) electrons. The van der Waals surface area contributed by atoms with Crippen LogP contribution in [0.3, 0.4) is 0 Å². The Morgan fingerprint density at radius 2 is 0.653 bits per heavy atom. The molecule has 2 saturated heterocycles. The van der Waals surface area contributed by atoms with Crippen LogP contribution < -0.4 is 5.32 Å². The van der Waals surface area contributed by atoms with E-state index in [2.05, 4.69) is 19.2 Å². The first kappa shape index (κ1) is 89.8. The standard InChI is InChI=1S/C81H157NO13/c1-3-5-7-9-11-13-15-17-19-21-23-25-27-29-30-31-32-33-34-35-36-37-38-39-41-43-45-47-49-51-53-55-57-59-61-63-65-73(86)82-69(68-92-80-78(91)76(89)79(72(67-84)94-80)95-81-77(90)75(88)74(87)71(66-83)93-81)70(85)64-62-60-58-56-54-52-50-48-46-44-42-40-28-26-24-22-20-18-16-14-12-10-8-6-4-2/h62,64,69-72,74-81,83-85,87-91H,3-61,63,65-68H2,1-2H3,(H,82,86)/b64-62+. The van der Waals surface area contributed by atoms with Crippen LogP contribution in [0, 0.1) is 0 Å². The number of rotatable bonds is 71. The Labute approximate surface area is 584 Å². The van der Waals surface area contributed by atoms with Crippen LogP contribution in [0.1, 0.15) is 406 Å². The van der Waals surface area contributed by atoms with E-state index in [0.717, 1.165) is 44.9 Å². The number of aliphatic hydroxyl groups is 8. The molecule has 0 aromatic rings. The fourth-order valence-corrected chi connectivity index (χ4v) is 14.2. The number of unbranched alkanes of at least 4 members (excludes halogenated alkanes) is 58. The average molecular weight is 1350 g/mol. The lowest BCUT2D eigenvalue weighted by Crippen LogP contribution is -2.65. The lowest BCUT2D eigenvalue weighted by molar-refractivity contribution is -0.359. The van der Waals surface area contributed by atoms with E-state index in [1.165, 1.54) is 340 Å². The second kappa shape index (κ2) is 66.0. The Balaban J connectivity index is 1.58. The number of ether oxygens (including phenoxy) is 4. The van der Waals surface area contributed by atoms with Crippen molar-refractivity contribution in [3.05, 3.63) is 12.2 Å². The minimum atomic E-state index is -1.79. The summed E-state index contributed by atoms with van der Waals surface area (Å²) < 4.78 is 22.9. The fraction of sp³-hybridized carbons (Fsp3) is 0.963. The topological polar surface area (TPSA) is 228 Å². The highest BCUT2D eigenvalue weighted by atomic mass is 16.7. The molecule has 2 aliphatic heterocycles. The molecule has 0 saturated carbocycles. The van der Waals surface area contributed by atoms with Crippen LogP contribution >= 0.6 is 0 Å². The second-order valence-electron chi connectivity index (χ2n) is 29.6. The Kier molecular flexibility index (Phi) is 62.4. The number of hydrogen-bond donors (Lipinski definition) is 9. The molecule has 0 bridgehead atoms. The van der Waals surface area contributed by atoms with Crippen LogP contribution in [0.25, 0.3) is 0 Å². The van der Waals surface area contributed by atoms with Gasteiger partial charge in [-0.3, -0.25) is 4.79 Å². The van der Waals surface area contributed by atoms with Crippen LogP contribution in [-0.4, -0.2) is 140 Å². The molecule has 9 N–H and O–H groups in total. The van der Waals surface area contributed by atoms with Crippen molar-refractivity contribution in [2.24, 2.45) is 0 Å². The molecule has 14 nitrogen and oxygen atoms in total. The maximum absolute atomic E-state index is 13.4. The quantitative estimate of drug-likeness (QED) is 0.0204.